The minimum absolute atomic E-state index is 0.826. The Kier molecular flexibility index (Phi) is 3.58. The van der Waals surface area contributed by atoms with Crippen molar-refractivity contribution in [3.63, 3.8) is 0 Å². The second-order valence-corrected chi connectivity index (χ2v) is 4.05. The van der Waals surface area contributed by atoms with Gasteiger partial charge in [0.2, 0.25) is 0 Å². The van der Waals surface area contributed by atoms with Gasteiger partial charge in [-0.05, 0) is 18.8 Å². The molecule has 0 saturated carbocycles. The molecule has 0 aromatic rings. The van der Waals surface area contributed by atoms with E-state index in [9.17, 15) is 0 Å². The summed E-state index contributed by atoms with van der Waals surface area (Å²) in [5.74, 6) is 0.826. The summed E-state index contributed by atoms with van der Waals surface area (Å²) in [4.78, 5) is 2.52. The monoisotopic (exact) mass is 183 g/mol. The molecule has 2 saturated heterocycles. The van der Waals surface area contributed by atoms with Gasteiger partial charge in [0.25, 0.3) is 0 Å². The van der Waals surface area contributed by atoms with Crippen molar-refractivity contribution in [3.8, 4) is 0 Å². The standard InChI is InChI=1S/C10H19N2O/c1-2-10(8-11-3-1)9-12-4-6-13-7-5-12/h10H,1-9H2. The topological polar surface area (TPSA) is 26.6 Å². The zero-order valence-corrected chi connectivity index (χ0v) is 8.24. The molecule has 1 unspecified atom stereocenters. The Bertz CT molecular complexity index is 124. The van der Waals surface area contributed by atoms with Gasteiger partial charge in [-0.15, -0.1) is 0 Å². The molecule has 2 heterocycles. The van der Waals surface area contributed by atoms with E-state index in [4.69, 9.17) is 4.74 Å². The van der Waals surface area contributed by atoms with E-state index in [0.29, 0.717) is 0 Å². The lowest BCUT2D eigenvalue weighted by molar-refractivity contribution is 0.0288. The Morgan fingerprint density at radius 1 is 1.31 bits per heavy atom. The quantitative estimate of drug-likeness (QED) is 0.617. The van der Waals surface area contributed by atoms with Crippen LogP contribution in [0.15, 0.2) is 0 Å². The Hall–Kier alpha value is -0.120. The van der Waals surface area contributed by atoms with Crippen LogP contribution in [0, 0.1) is 5.92 Å². The van der Waals surface area contributed by atoms with Gasteiger partial charge in [-0.25, -0.2) is 5.32 Å². The molecule has 0 spiro atoms. The Morgan fingerprint density at radius 3 is 2.85 bits per heavy atom. The zero-order chi connectivity index (χ0) is 8.93. The van der Waals surface area contributed by atoms with E-state index in [-0.39, 0.29) is 0 Å². The molecule has 1 atom stereocenters. The van der Waals surface area contributed by atoms with Gasteiger partial charge >= 0.3 is 0 Å². The molecule has 3 nitrogen and oxygen atoms in total. The molecule has 1 radical (unpaired) electrons. The summed E-state index contributed by atoms with van der Waals surface area (Å²) in [5.41, 5.74) is 0. The second kappa shape index (κ2) is 4.94. The summed E-state index contributed by atoms with van der Waals surface area (Å²) < 4.78 is 5.32. The minimum atomic E-state index is 0.826. The van der Waals surface area contributed by atoms with Crippen LogP contribution in [0.3, 0.4) is 0 Å². The molecule has 2 fully saturated rings. The fourth-order valence-corrected chi connectivity index (χ4v) is 2.15. The first-order valence-corrected chi connectivity index (χ1v) is 5.38. The predicted molar refractivity (Wildman–Crippen MR) is 51.9 cm³/mol. The van der Waals surface area contributed by atoms with E-state index in [0.717, 1.165) is 45.3 Å². The van der Waals surface area contributed by atoms with Crippen LogP contribution in [0.4, 0.5) is 0 Å². The van der Waals surface area contributed by atoms with Gasteiger partial charge < -0.3 is 4.74 Å². The van der Waals surface area contributed by atoms with Gasteiger partial charge in [-0.3, -0.25) is 4.90 Å². The highest BCUT2D eigenvalue weighted by Gasteiger charge is 2.18. The van der Waals surface area contributed by atoms with Gasteiger partial charge in [0, 0.05) is 32.7 Å². The van der Waals surface area contributed by atoms with Crippen LogP contribution in [-0.4, -0.2) is 50.8 Å². The van der Waals surface area contributed by atoms with Gasteiger partial charge in [-0.1, -0.05) is 0 Å². The summed E-state index contributed by atoms with van der Waals surface area (Å²) in [6.45, 7) is 7.52. The van der Waals surface area contributed by atoms with Crippen LogP contribution in [0.1, 0.15) is 12.8 Å². The molecule has 0 amide bonds. The Labute approximate surface area is 80.4 Å². The van der Waals surface area contributed by atoms with E-state index >= 15 is 0 Å². The van der Waals surface area contributed by atoms with Crippen LogP contribution >= 0.6 is 0 Å². The lowest BCUT2D eigenvalue weighted by atomic mass is 9.99. The third-order valence-corrected chi connectivity index (χ3v) is 2.94. The Balaban J connectivity index is 1.69. The highest BCUT2D eigenvalue weighted by molar-refractivity contribution is 4.73. The third-order valence-electron chi connectivity index (χ3n) is 2.94. The van der Waals surface area contributed by atoms with Crippen LogP contribution in [0.5, 0.6) is 0 Å². The number of piperidine rings is 1. The molecule has 0 aliphatic carbocycles. The maximum Gasteiger partial charge on any atom is 0.0594 e. The zero-order valence-electron chi connectivity index (χ0n) is 8.24. The number of nitrogens with zero attached hydrogens (tertiary/aromatic N) is 2. The van der Waals surface area contributed by atoms with Crippen molar-refractivity contribution in [2.45, 2.75) is 12.8 Å². The van der Waals surface area contributed by atoms with Gasteiger partial charge in [-0.2, -0.15) is 0 Å². The molecular formula is C10H19N2O. The van der Waals surface area contributed by atoms with Crippen molar-refractivity contribution in [1.29, 1.82) is 0 Å². The molecule has 75 valence electrons. The highest BCUT2D eigenvalue weighted by atomic mass is 16.5. The van der Waals surface area contributed by atoms with Crippen molar-refractivity contribution in [1.82, 2.24) is 10.2 Å². The molecule has 2 rings (SSSR count). The van der Waals surface area contributed by atoms with Crippen LogP contribution < -0.4 is 5.32 Å². The molecular weight excluding hydrogens is 164 g/mol. The maximum atomic E-state index is 5.32. The molecule has 2 aliphatic heterocycles. The first kappa shape index (κ1) is 9.44. The number of ether oxygens (including phenoxy) is 1. The van der Waals surface area contributed by atoms with E-state index in [2.05, 4.69) is 10.2 Å². The van der Waals surface area contributed by atoms with Gasteiger partial charge in [0.05, 0.1) is 13.2 Å². The molecule has 0 N–H and O–H groups in total. The summed E-state index contributed by atoms with van der Waals surface area (Å²) in [7, 11) is 0. The summed E-state index contributed by atoms with van der Waals surface area (Å²) >= 11 is 0. The van der Waals surface area contributed by atoms with E-state index in [1.807, 2.05) is 0 Å². The van der Waals surface area contributed by atoms with Crippen molar-refractivity contribution in [2.75, 3.05) is 45.9 Å². The average Bonchev–Trinajstić information content (AvgIpc) is 2.21. The normalized spacial score (nSPS) is 31.8. The molecule has 13 heavy (non-hydrogen) atoms. The second-order valence-electron chi connectivity index (χ2n) is 4.05. The number of rotatable bonds is 2. The SMILES string of the molecule is C1C[N]CC(CN2CCOCC2)C1. The maximum absolute atomic E-state index is 5.32. The van der Waals surface area contributed by atoms with Crippen LogP contribution in [0.25, 0.3) is 0 Å². The smallest absolute Gasteiger partial charge is 0.0594 e. The van der Waals surface area contributed by atoms with Gasteiger partial charge in [0.1, 0.15) is 0 Å². The summed E-state index contributed by atoms with van der Waals surface area (Å²) in [6.07, 6.45) is 2.68. The lowest BCUT2D eigenvalue weighted by Crippen LogP contribution is -2.42. The number of hydrogen-bond donors (Lipinski definition) is 0. The molecule has 2 aliphatic rings. The summed E-state index contributed by atoms with van der Waals surface area (Å²) in [6, 6.07) is 0. The number of morpholine rings is 1. The van der Waals surface area contributed by atoms with Crippen LogP contribution in [0.2, 0.25) is 0 Å². The molecule has 0 aromatic heterocycles. The van der Waals surface area contributed by atoms with Gasteiger partial charge in [0.15, 0.2) is 0 Å². The predicted octanol–water partition coefficient (Wildman–Crippen LogP) is 0.333. The molecule has 0 aromatic carbocycles. The van der Waals surface area contributed by atoms with Crippen molar-refractivity contribution in [3.05, 3.63) is 0 Å². The van der Waals surface area contributed by atoms with E-state index in [1.165, 1.54) is 19.4 Å². The van der Waals surface area contributed by atoms with E-state index < -0.39 is 0 Å². The lowest BCUT2D eigenvalue weighted by Gasteiger charge is -2.31. The van der Waals surface area contributed by atoms with Crippen LogP contribution in [-0.2, 0) is 4.74 Å². The average molecular weight is 183 g/mol. The molecule has 3 heteroatoms. The van der Waals surface area contributed by atoms with Crippen molar-refractivity contribution < 1.29 is 4.74 Å². The Morgan fingerprint density at radius 2 is 2.15 bits per heavy atom. The first-order valence-electron chi connectivity index (χ1n) is 5.38. The molecule has 0 bridgehead atoms. The number of hydrogen-bond acceptors (Lipinski definition) is 2. The highest BCUT2D eigenvalue weighted by Crippen LogP contribution is 2.13. The minimum Gasteiger partial charge on any atom is -0.379 e. The fourth-order valence-electron chi connectivity index (χ4n) is 2.15. The first-order chi connectivity index (χ1) is 6.45. The summed E-state index contributed by atoms with van der Waals surface area (Å²) in [5, 5.41) is 4.47. The van der Waals surface area contributed by atoms with Crippen molar-refractivity contribution >= 4 is 0 Å². The largest absolute Gasteiger partial charge is 0.379 e. The third kappa shape index (κ3) is 2.93. The van der Waals surface area contributed by atoms with Crippen molar-refractivity contribution in [2.24, 2.45) is 5.92 Å². The van der Waals surface area contributed by atoms with E-state index in [1.54, 1.807) is 0 Å². The fraction of sp³-hybridized carbons (Fsp3) is 1.00.